The van der Waals surface area contributed by atoms with E-state index in [1.54, 1.807) is 17.0 Å². The van der Waals surface area contributed by atoms with Gasteiger partial charge in [-0.15, -0.1) is 0 Å². The summed E-state index contributed by atoms with van der Waals surface area (Å²) in [6, 6.07) is 15.2. The summed E-state index contributed by atoms with van der Waals surface area (Å²) < 4.78 is 45.0. The van der Waals surface area contributed by atoms with Crippen LogP contribution in [0.1, 0.15) is 56.4 Å². The minimum absolute atomic E-state index is 0.118. The number of aryl methyl sites for hydroxylation is 1. The lowest BCUT2D eigenvalue weighted by atomic mass is 9.89. The van der Waals surface area contributed by atoms with E-state index in [-0.39, 0.29) is 40.1 Å². The lowest BCUT2D eigenvalue weighted by Crippen LogP contribution is -2.37. The Kier molecular flexibility index (Phi) is 6.98. The molecule has 2 aromatic heterocycles. The SMILES string of the molecule is COc1nc(C)ccc1C(=O)Nc1ccc(C2CCN(C(=O)c3ccc4n[nH]c(C(F)(F)F)c4c3)CC2)cc1. The maximum atomic E-state index is 13.3. The maximum absolute atomic E-state index is 13.3. The van der Waals surface area contributed by atoms with Crippen LogP contribution in [0.4, 0.5) is 18.9 Å². The highest BCUT2D eigenvalue weighted by Crippen LogP contribution is 2.34. The lowest BCUT2D eigenvalue weighted by Gasteiger charge is -2.32. The van der Waals surface area contributed by atoms with E-state index in [2.05, 4.69) is 15.4 Å². The Morgan fingerprint density at radius 1 is 1.05 bits per heavy atom. The third-order valence-corrected chi connectivity index (χ3v) is 6.94. The molecular formula is C28H26F3N5O3. The zero-order chi connectivity index (χ0) is 27.7. The third kappa shape index (κ3) is 5.43. The van der Waals surface area contributed by atoms with Crippen molar-refractivity contribution in [1.29, 1.82) is 0 Å². The van der Waals surface area contributed by atoms with Gasteiger partial charge in [-0.3, -0.25) is 14.7 Å². The van der Waals surface area contributed by atoms with Crippen LogP contribution in [0.2, 0.25) is 0 Å². The van der Waals surface area contributed by atoms with E-state index in [1.807, 2.05) is 36.3 Å². The number of alkyl halides is 3. The zero-order valence-electron chi connectivity index (χ0n) is 21.3. The van der Waals surface area contributed by atoms with Crippen LogP contribution in [0.15, 0.2) is 54.6 Å². The molecular weight excluding hydrogens is 511 g/mol. The van der Waals surface area contributed by atoms with Crippen molar-refractivity contribution in [2.45, 2.75) is 31.9 Å². The highest BCUT2D eigenvalue weighted by Gasteiger charge is 2.35. The number of nitrogens with zero attached hydrogens (tertiary/aromatic N) is 3. The Hall–Kier alpha value is -4.41. The van der Waals surface area contributed by atoms with E-state index < -0.39 is 11.9 Å². The first-order chi connectivity index (χ1) is 18.6. The molecule has 1 aliphatic rings. The van der Waals surface area contributed by atoms with Crippen LogP contribution in [-0.4, -0.2) is 52.1 Å². The van der Waals surface area contributed by atoms with E-state index in [0.29, 0.717) is 37.2 Å². The number of piperidine rings is 1. The average Bonchev–Trinajstić information content (AvgIpc) is 3.37. The highest BCUT2D eigenvalue weighted by atomic mass is 19.4. The molecule has 11 heteroatoms. The molecule has 2 aromatic carbocycles. The molecule has 0 unspecified atom stereocenters. The summed E-state index contributed by atoms with van der Waals surface area (Å²) in [6.07, 6.45) is -3.16. The maximum Gasteiger partial charge on any atom is 0.433 e. The first kappa shape index (κ1) is 26.2. The average molecular weight is 538 g/mol. The molecule has 0 saturated carbocycles. The van der Waals surface area contributed by atoms with Crippen LogP contribution in [0.5, 0.6) is 5.88 Å². The summed E-state index contributed by atoms with van der Waals surface area (Å²) in [6.45, 7) is 2.78. The summed E-state index contributed by atoms with van der Waals surface area (Å²) in [7, 11) is 1.47. The number of carbonyl (C=O) groups is 2. The monoisotopic (exact) mass is 537 g/mol. The van der Waals surface area contributed by atoms with E-state index in [0.717, 1.165) is 11.3 Å². The first-order valence-corrected chi connectivity index (χ1v) is 12.4. The van der Waals surface area contributed by atoms with E-state index >= 15 is 0 Å². The van der Waals surface area contributed by atoms with E-state index in [9.17, 15) is 22.8 Å². The van der Waals surface area contributed by atoms with Gasteiger partial charge < -0.3 is 15.0 Å². The Labute approximate surface area is 222 Å². The number of fused-ring (bicyclic) bond motifs is 1. The van der Waals surface area contributed by atoms with Gasteiger partial charge in [-0.25, -0.2) is 4.98 Å². The normalized spacial score (nSPS) is 14.4. The summed E-state index contributed by atoms with van der Waals surface area (Å²) in [4.78, 5) is 31.7. The number of aromatic amines is 1. The van der Waals surface area contributed by atoms with Crippen molar-refractivity contribution in [2.75, 3.05) is 25.5 Å². The molecule has 2 N–H and O–H groups in total. The number of nitrogens with one attached hydrogen (secondary N) is 2. The van der Waals surface area contributed by atoms with Gasteiger partial charge in [-0.1, -0.05) is 12.1 Å². The van der Waals surface area contributed by atoms with Gasteiger partial charge in [0.25, 0.3) is 11.8 Å². The molecule has 3 heterocycles. The quantitative estimate of drug-likeness (QED) is 0.347. The molecule has 0 bridgehead atoms. The number of likely N-dealkylation sites (tertiary alicyclic amines) is 1. The van der Waals surface area contributed by atoms with Crippen LogP contribution in [-0.2, 0) is 6.18 Å². The van der Waals surface area contributed by atoms with Gasteiger partial charge in [0.05, 0.1) is 12.6 Å². The molecule has 0 radical (unpaired) electrons. The molecule has 0 atom stereocenters. The van der Waals surface area contributed by atoms with Crippen molar-refractivity contribution in [1.82, 2.24) is 20.1 Å². The van der Waals surface area contributed by atoms with Gasteiger partial charge >= 0.3 is 6.18 Å². The summed E-state index contributed by atoms with van der Waals surface area (Å²) in [5.41, 5.74) is 2.21. The number of carbonyl (C=O) groups excluding carboxylic acids is 2. The summed E-state index contributed by atoms with van der Waals surface area (Å²) in [5.74, 6) is -0.150. The predicted molar refractivity (Wildman–Crippen MR) is 139 cm³/mol. The van der Waals surface area contributed by atoms with Gasteiger partial charge in [0, 0.05) is 35.4 Å². The Balaban J connectivity index is 1.21. The standard InChI is InChI=1S/C28H26F3N5O3/c1-16-3-9-21(26(32-16)39-2)25(37)33-20-7-4-17(5-8-20)18-11-13-36(14-12-18)27(38)19-6-10-23-22(15-19)24(35-34-23)28(29,30)31/h3-10,15,18H,11-14H2,1-2H3,(H,33,37)(H,34,35). The lowest BCUT2D eigenvalue weighted by molar-refractivity contribution is -0.139. The number of H-pyrrole nitrogens is 1. The number of methoxy groups -OCH3 is 1. The zero-order valence-corrected chi connectivity index (χ0v) is 21.3. The van der Waals surface area contributed by atoms with E-state index in [4.69, 9.17) is 4.74 Å². The molecule has 1 aliphatic heterocycles. The molecule has 1 saturated heterocycles. The fourth-order valence-electron chi connectivity index (χ4n) is 4.86. The number of anilines is 1. The van der Waals surface area contributed by atoms with Crippen LogP contribution < -0.4 is 10.1 Å². The summed E-state index contributed by atoms with van der Waals surface area (Å²) in [5, 5.41) is 8.45. The van der Waals surface area contributed by atoms with Gasteiger partial charge in [0.1, 0.15) is 11.3 Å². The molecule has 2 amide bonds. The van der Waals surface area contributed by atoms with Gasteiger partial charge in [0.2, 0.25) is 5.88 Å². The molecule has 202 valence electrons. The predicted octanol–water partition coefficient (Wildman–Crippen LogP) is 5.57. The molecule has 0 aliphatic carbocycles. The van der Waals surface area contributed by atoms with Crippen LogP contribution in [0.3, 0.4) is 0 Å². The Morgan fingerprint density at radius 2 is 1.77 bits per heavy atom. The van der Waals surface area contributed by atoms with Crippen molar-refractivity contribution < 1.29 is 27.5 Å². The fourth-order valence-corrected chi connectivity index (χ4v) is 4.86. The van der Waals surface area contributed by atoms with Crippen molar-refractivity contribution in [3.8, 4) is 5.88 Å². The Morgan fingerprint density at radius 3 is 2.44 bits per heavy atom. The number of aromatic nitrogens is 3. The topological polar surface area (TPSA) is 100 Å². The largest absolute Gasteiger partial charge is 0.480 e. The molecule has 4 aromatic rings. The highest BCUT2D eigenvalue weighted by molar-refractivity contribution is 6.05. The number of hydrogen-bond donors (Lipinski definition) is 2. The third-order valence-electron chi connectivity index (χ3n) is 6.94. The molecule has 8 nitrogen and oxygen atoms in total. The number of hydrogen-bond acceptors (Lipinski definition) is 5. The smallest absolute Gasteiger partial charge is 0.433 e. The minimum Gasteiger partial charge on any atom is -0.480 e. The van der Waals surface area contributed by atoms with Gasteiger partial charge in [0.15, 0.2) is 0 Å². The first-order valence-electron chi connectivity index (χ1n) is 12.4. The second-order valence-electron chi connectivity index (χ2n) is 9.48. The van der Waals surface area contributed by atoms with Gasteiger partial charge in [-0.2, -0.15) is 18.3 Å². The minimum atomic E-state index is -4.59. The number of benzene rings is 2. The fraction of sp³-hybridized carbons (Fsp3) is 0.286. The van der Waals surface area contributed by atoms with E-state index in [1.165, 1.54) is 25.3 Å². The Bertz CT molecular complexity index is 1520. The number of ether oxygens (including phenoxy) is 1. The number of pyridine rings is 1. The molecule has 0 spiro atoms. The number of rotatable bonds is 5. The van der Waals surface area contributed by atoms with Crippen LogP contribution in [0.25, 0.3) is 10.9 Å². The van der Waals surface area contributed by atoms with Crippen molar-refractivity contribution in [3.05, 3.63) is 82.7 Å². The second-order valence-corrected chi connectivity index (χ2v) is 9.48. The number of amides is 2. The molecule has 5 rings (SSSR count). The number of halogens is 3. The summed E-state index contributed by atoms with van der Waals surface area (Å²) >= 11 is 0. The van der Waals surface area contributed by atoms with Gasteiger partial charge in [-0.05, 0) is 73.7 Å². The molecule has 1 fully saturated rings. The van der Waals surface area contributed by atoms with Crippen LogP contribution in [0, 0.1) is 6.92 Å². The van der Waals surface area contributed by atoms with Crippen molar-refractivity contribution >= 4 is 28.4 Å². The second kappa shape index (κ2) is 10.4. The molecule has 39 heavy (non-hydrogen) atoms. The van der Waals surface area contributed by atoms with Crippen LogP contribution >= 0.6 is 0 Å². The van der Waals surface area contributed by atoms with Crippen molar-refractivity contribution in [3.63, 3.8) is 0 Å². The van der Waals surface area contributed by atoms with Crippen molar-refractivity contribution in [2.24, 2.45) is 0 Å².